The second-order valence-electron chi connectivity index (χ2n) is 12.0. The zero-order valence-electron chi connectivity index (χ0n) is 27.9. The number of halogens is 1. The molecule has 0 amide bonds. The Labute approximate surface area is 295 Å². The summed E-state index contributed by atoms with van der Waals surface area (Å²) in [5.41, 5.74) is 3.63. The molecule has 9 heteroatoms. The van der Waals surface area contributed by atoms with Gasteiger partial charge in [0.2, 0.25) is 12.4 Å². The van der Waals surface area contributed by atoms with Gasteiger partial charge in [0.25, 0.3) is 0 Å². The third-order valence-electron chi connectivity index (χ3n) is 8.50. The van der Waals surface area contributed by atoms with Gasteiger partial charge in [-0.15, -0.1) is 0 Å². The van der Waals surface area contributed by atoms with Crippen LogP contribution in [0.15, 0.2) is 140 Å². The first-order chi connectivity index (χ1) is 24.9. The fourth-order valence-electron chi connectivity index (χ4n) is 5.70. The van der Waals surface area contributed by atoms with E-state index in [1.165, 1.54) is 17.7 Å². The maximum atomic E-state index is 16.6. The quantitative estimate of drug-likeness (QED) is 0.0978. The normalized spacial score (nSPS) is 19.8. The molecule has 8 nitrogen and oxygen atoms in total. The smallest absolute Gasteiger partial charge is 0.338 e. The van der Waals surface area contributed by atoms with Crippen molar-refractivity contribution in [1.29, 1.82) is 0 Å². The lowest BCUT2D eigenvalue weighted by atomic mass is 9.99. The van der Waals surface area contributed by atoms with E-state index in [-0.39, 0.29) is 16.7 Å². The standard InChI is InChI=1S/C42H37FO8/c1-2-28-22-24-29(25-23-28)26-33-20-12-13-21-34(33)48-42-38(51-41(46)32-18-10-5-11-19-32)37(50-40(45)31-16-8-4-9-17-31)36(43)35(49-42)27-47-39(44)30-14-6-3-7-15-30/h3-25,35-38,42H,2,26-27H2,1H3. The van der Waals surface area contributed by atoms with Crippen molar-refractivity contribution in [2.24, 2.45) is 0 Å². The van der Waals surface area contributed by atoms with E-state index in [9.17, 15) is 14.4 Å². The van der Waals surface area contributed by atoms with Gasteiger partial charge in [0.1, 0.15) is 18.5 Å². The minimum Gasteiger partial charge on any atom is -0.460 e. The van der Waals surface area contributed by atoms with Crippen molar-refractivity contribution >= 4 is 17.9 Å². The van der Waals surface area contributed by atoms with Crippen LogP contribution in [0.4, 0.5) is 4.39 Å². The van der Waals surface area contributed by atoms with E-state index in [4.69, 9.17) is 23.7 Å². The molecule has 0 bridgehead atoms. The van der Waals surface area contributed by atoms with E-state index in [0.29, 0.717) is 12.2 Å². The summed E-state index contributed by atoms with van der Waals surface area (Å²) >= 11 is 0. The second-order valence-corrected chi connectivity index (χ2v) is 12.0. The van der Waals surface area contributed by atoms with Gasteiger partial charge in [-0.2, -0.15) is 0 Å². The van der Waals surface area contributed by atoms with Crippen molar-refractivity contribution in [3.63, 3.8) is 0 Å². The molecule has 260 valence electrons. The van der Waals surface area contributed by atoms with Gasteiger partial charge in [-0.3, -0.25) is 0 Å². The van der Waals surface area contributed by atoms with Crippen LogP contribution >= 0.6 is 0 Å². The first kappa shape index (κ1) is 35.0. The Hall–Kier alpha value is -5.80. The molecule has 1 fully saturated rings. The lowest BCUT2D eigenvalue weighted by molar-refractivity contribution is -0.264. The molecule has 5 aromatic rings. The Balaban J connectivity index is 1.34. The average Bonchev–Trinajstić information content (AvgIpc) is 3.18. The number of para-hydroxylation sites is 1. The molecule has 5 atom stereocenters. The average molecular weight is 689 g/mol. The molecular formula is C42H37FO8. The van der Waals surface area contributed by atoms with E-state index in [0.717, 1.165) is 17.5 Å². The number of hydrogen-bond acceptors (Lipinski definition) is 8. The summed E-state index contributed by atoms with van der Waals surface area (Å²) in [6, 6.07) is 39.9. The number of alkyl halides is 1. The van der Waals surface area contributed by atoms with E-state index < -0.39 is 55.3 Å². The molecule has 0 aromatic heterocycles. The first-order valence-electron chi connectivity index (χ1n) is 16.8. The first-order valence-corrected chi connectivity index (χ1v) is 16.8. The highest BCUT2D eigenvalue weighted by atomic mass is 19.1. The minimum atomic E-state index is -2.10. The SMILES string of the molecule is CCc1ccc(Cc2ccccc2OC2OC(COC(=O)c3ccccc3)C(F)C(OC(=O)c3ccccc3)C2OC(=O)c2ccccc2)cc1. The summed E-state index contributed by atoms with van der Waals surface area (Å²) in [5.74, 6) is -1.96. The predicted octanol–water partition coefficient (Wildman–Crippen LogP) is 7.59. The summed E-state index contributed by atoms with van der Waals surface area (Å²) in [6.07, 6.45) is -6.91. The Morgan fingerprint density at radius 3 is 1.67 bits per heavy atom. The van der Waals surface area contributed by atoms with E-state index in [1.807, 2.05) is 24.3 Å². The van der Waals surface area contributed by atoms with Gasteiger partial charge in [0.05, 0.1) is 16.7 Å². The van der Waals surface area contributed by atoms with Crippen LogP contribution in [0.5, 0.6) is 5.75 Å². The van der Waals surface area contributed by atoms with E-state index in [1.54, 1.807) is 91.0 Å². The molecule has 5 aromatic carbocycles. The molecule has 0 radical (unpaired) electrons. The van der Waals surface area contributed by atoms with Crippen molar-refractivity contribution in [3.8, 4) is 5.75 Å². The molecule has 0 saturated carbocycles. The van der Waals surface area contributed by atoms with Gasteiger partial charge < -0.3 is 23.7 Å². The van der Waals surface area contributed by atoms with Crippen molar-refractivity contribution < 1.29 is 42.5 Å². The van der Waals surface area contributed by atoms with E-state index in [2.05, 4.69) is 19.1 Å². The van der Waals surface area contributed by atoms with Crippen LogP contribution in [0.3, 0.4) is 0 Å². The second kappa shape index (κ2) is 16.7. The number of carbonyl (C=O) groups is 3. The number of benzene rings is 5. The lowest BCUT2D eigenvalue weighted by Gasteiger charge is -2.42. The molecule has 6 rings (SSSR count). The topological polar surface area (TPSA) is 97.4 Å². The summed E-state index contributed by atoms with van der Waals surface area (Å²) in [5, 5.41) is 0. The molecule has 1 aliphatic heterocycles. The zero-order chi connectivity index (χ0) is 35.6. The van der Waals surface area contributed by atoms with Crippen molar-refractivity contribution in [2.45, 2.75) is 50.5 Å². The highest BCUT2D eigenvalue weighted by Crippen LogP contribution is 2.33. The fourth-order valence-corrected chi connectivity index (χ4v) is 5.70. The number of aryl methyl sites for hydroxylation is 1. The molecular weight excluding hydrogens is 651 g/mol. The number of hydrogen-bond donors (Lipinski definition) is 0. The van der Waals surface area contributed by atoms with Crippen LogP contribution in [0.25, 0.3) is 0 Å². The number of ether oxygens (including phenoxy) is 5. The number of esters is 3. The third-order valence-corrected chi connectivity index (χ3v) is 8.50. The molecule has 0 N–H and O–H groups in total. The summed E-state index contributed by atoms with van der Waals surface area (Å²) in [6.45, 7) is 1.55. The predicted molar refractivity (Wildman–Crippen MR) is 187 cm³/mol. The van der Waals surface area contributed by atoms with Gasteiger partial charge in [-0.1, -0.05) is 104 Å². The van der Waals surface area contributed by atoms with E-state index >= 15 is 4.39 Å². The lowest BCUT2D eigenvalue weighted by Crippen LogP contribution is -2.61. The maximum absolute atomic E-state index is 16.6. The molecule has 5 unspecified atom stereocenters. The summed E-state index contributed by atoms with van der Waals surface area (Å²) < 4.78 is 46.4. The Bertz CT molecular complexity index is 1900. The molecule has 1 saturated heterocycles. The monoisotopic (exact) mass is 688 g/mol. The molecule has 0 aliphatic carbocycles. The van der Waals surface area contributed by atoms with Crippen LogP contribution < -0.4 is 4.74 Å². The Morgan fingerprint density at radius 2 is 1.10 bits per heavy atom. The number of carbonyl (C=O) groups excluding carboxylic acids is 3. The molecule has 1 aliphatic rings. The minimum absolute atomic E-state index is 0.160. The summed E-state index contributed by atoms with van der Waals surface area (Å²) in [4.78, 5) is 39.7. The molecule has 0 spiro atoms. The Morgan fingerprint density at radius 1 is 0.608 bits per heavy atom. The van der Waals surface area contributed by atoms with Crippen molar-refractivity contribution in [1.82, 2.24) is 0 Å². The van der Waals surface area contributed by atoms with Crippen molar-refractivity contribution in [3.05, 3.63) is 173 Å². The third kappa shape index (κ3) is 8.87. The number of rotatable bonds is 12. The largest absolute Gasteiger partial charge is 0.460 e. The van der Waals surface area contributed by atoms with Gasteiger partial charge in [-0.05, 0) is 65.6 Å². The zero-order valence-corrected chi connectivity index (χ0v) is 27.9. The maximum Gasteiger partial charge on any atom is 0.338 e. The van der Waals surface area contributed by atoms with Crippen LogP contribution in [-0.4, -0.2) is 55.3 Å². The van der Waals surface area contributed by atoms with Crippen molar-refractivity contribution in [2.75, 3.05) is 6.61 Å². The fraction of sp³-hybridized carbons (Fsp3) is 0.214. The van der Waals surface area contributed by atoms with Crippen LogP contribution in [0.1, 0.15) is 54.7 Å². The van der Waals surface area contributed by atoms with Crippen LogP contribution in [0.2, 0.25) is 0 Å². The molecule has 1 heterocycles. The van der Waals surface area contributed by atoms with Crippen LogP contribution in [0, 0.1) is 0 Å². The highest BCUT2D eigenvalue weighted by molar-refractivity contribution is 5.90. The van der Waals surface area contributed by atoms with Gasteiger partial charge >= 0.3 is 17.9 Å². The van der Waals surface area contributed by atoms with Crippen LogP contribution in [-0.2, 0) is 31.8 Å². The summed E-state index contributed by atoms with van der Waals surface area (Å²) in [7, 11) is 0. The highest BCUT2D eigenvalue weighted by Gasteiger charge is 2.53. The Kier molecular flexibility index (Phi) is 11.5. The van der Waals surface area contributed by atoms with Gasteiger partial charge in [0, 0.05) is 6.42 Å². The van der Waals surface area contributed by atoms with Gasteiger partial charge in [0.15, 0.2) is 12.3 Å². The van der Waals surface area contributed by atoms with Gasteiger partial charge in [-0.25, -0.2) is 18.8 Å². The molecule has 51 heavy (non-hydrogen) atoms.